The Morgan fingerprint density at radius 2 is 2.21 bits per heavy atom. The van der Waals surface area contributed by atoms with Crippen molar-refractivity contribution in [3.8, 4) is 5.75 Å². The summed E-state index contributed by atoms with van der Waals surface area (Å²) in [4.78, 5) is 15.1. The standard InChI is InChI=1S/C9H8N2O3/c12-11(13)6-7-5-10-14-9-4-2-1-3-8(7)9/h1-5,10H,6H2. The average molecular weight is 192 g/mol. The molecule has 0 bridgehead atoms. The Labute approximate surface area is 80.1 Å². The molecular weight excluding hydrogens is 184 g/mol. The topological polar surface area (TPSA) is 64.4 Å². The number of benzene rings is 1. The Morgan fingerprint density at radius 1 is 1.43 bits per heavy atom. The maximum Gasteiger partial charge on any atom is 0.231 e. The summed E-state index contributed by atoms with van der Waals surface area (Å²) in [6, 6.07) is 7.19. The van der Waals surface area contributed by atoms with Crippen LogP contribution in [0.3, 0.4) is 0 Å². The van der Waals surface area contributed by atoms with Crippen molar-refractivity contribution in [2.75, 3.05) is 6.54 Å². The Kier molecular flexibility index (Phi) is 2.06. The molecule has 0 unspecified atom stereocenters. The molecule has 72 valence electrons. The Bertz CT molecular complexity index is 401. The average Bonchev–Trinajstić information content (AvgIpc) is 2.18. The molecule has 0 atom stereocenters. The second-order valence-electron chi connectivity index (χ2n) is 2.88. The van der Waals surface area contributed by atoms with E-state index >= 15 is 0 Å². The molecule has 0 aromatic heterocycles. The van der Waals surface area contributed by atoms with Crippen LogP contribution in [-0.4, -0.2) is 11.5 Å². The Morgan fingerprint density at radius 3 is 3.00 bits per heavy atom. The maximum absolute atomic E-state index is 10.4. The van der Waals surface area contributed by atoms with Gasteiger partial charge >= 0.3 is 0 Å². The van der Waals surface area contributed by atoms with E-state index in [-0.39, 0.29) is 11.5 Å². The normalized spacial score (nSPS) is 13.3. The van der Waals surface area contributed by atoms with Gasteiger partial charge in [0.1, 0.15) is 0 Å². The largest absolute Gasteiger partial charge is 0.382 e. The third kappa shape index (κ3) is 1.52. The highest BCUT2D eigenvalue weighted by molar-refractivity contribution is 5.71. The first-order valence-electron chi connectivity index (χ1n) is 4.10. The van der Waals surface area contributed by atoms with Crippen LogP contribution in [-0.2, 0) is 0 Å². The third-order valence-corrected chi connectivity index (χ3v) is 1.93. The highest BCUT2D eigenvalue weighted by atomic mass is 16.6. The molecule has 0 saturated heterocycles. The quantitative estimate of drug-likeness (QED) is 0.564. The van der Waals surface area contributed by atoms with E-state index in [0.717, 1.165) is 5.56 Å². The summed E-state index contributed by atoms with van der Waals surface area (Å²) in [7, 11) is 0. The third-order valence-electron chi connectivity index (χ3n) is 1.93. The van der Waals surface area contributed by atoms with Gasteiger partial charge in [0.2, 0.25) is 6.54 Å². The van der Waals surface area contributed by atoms with Crippen LogP contribution in [0.4, 0.5) is 0 Å². The van der Waals surface area contributed by atoms with Crippen molar-refractivity contribution in [1.29, 1.82) is 0 Å². The van der Waals surface area contributed by atoms with Crippen molar-refractivity contribution >= 4 is 5.57 Å². The molecule has 14 heavy (non-hydrogen) atoms. The van der Waals surface area contributed by atoms with Crippen molar-refractivity contribution < 1.29 is 9.76 Å². The summed E-state index contributed by atoms with van der Waals surface area (Å²) in [6.07, 6.45) is 1.51. The van der Waals surface area contributed by atoms with E-state index in [1.165, 1.54) is 6.20 Å². The first-order chi connectivity index (χ1) is 6.77. The molecule has 1 heterocycles. The molecule has 1 aromatic carbocycles. The van der Waals surface area contributed by atoms with Gasteiger partial charge in [-0.15, -0.1) is 0 Å². The summed E-state index contributed by atoms with van der Waals surface area (Å²) in [6.45, 7) is -0.201. The van der Waals surface area contributed by atoms with E-state index in [1.807, 2.05) is 12.1 Å². The smallest absolute Gasteiger partial charge is 0.231 e. The fourth-order valence-corrected chi connectivity index (χ4v) is 1.33. The lowest BCUT2D eigenvalue weighted by atomic mass is 10.1. The van der Waals surface area contributed by atoms with Gasteiger partial charge in [0.25, 0.3) is 0 Å². The van der Waals surface area contributed by atoms with E-state index in [1.54, 1.807) is 12.1 Å². The number of hydroxylamine groups is 1. The van der Waals surface area contributed by atoms with E-state index in [0.29, 0.717) is 11.3 Å². The van der Waals surface area contributed by atoms with Gasteiger partial charge in [-0.05, 0) is 6.07 Å². The van der Waals surface area contributed by atoms with E-state index in [4.69, 9.17) is 4.84 Å². The summed E-state index contributed by atoms with van der Waals surface area (Å²) in [5, 5.41) is 10.4. The van der Waals surface area contributed by atoms with Gasteiger partial charge in [-0.2, -0.15) is 0 Å². The number of rotatable bonds is 2. The highest BCUT2D eigenvalue weighted by Crippen LogP contribution is 2.27. The van der Waals surface area contributed by atoms with Crippen LogP contribution in [0.1, 0.15) is 5.56 Å². The molecule has 0 radical (unpaired) electrons. The Hall–Kier alpha value is -2.04. The SMILES string of the molecule is O=[N+]([O-])CC1=CNOc2ccccc21. The second kappa shape index (κ2) is 3.37. The first kappa shape index (κ1) is 8.55. The van der Waals surface area contributed by atoms with E-state index < -0.39 is 0 Å². The molecule has 5 heteroatoms. The molecule has 0 aliphatic carbocycles. The molecule has 1 N–H and O–H groups in total. The maximum atomic E-state index is 10.4. The van der Waals surface area contributed by atoms with E-state index in [9.17, 15) is 10.1 Å². The molecule has 0 amide bonds. The molecule has 1 aromatic rings. The van der Waals surface area contributed by atoms with Crippen molar-refractivity contribution in [1.82, 2.24) is 5.48 Å². The number of nitro groups is 1. The van der Waals surface area contributed by atoms with Crippen molar-refractivity contribution in [3.05, 3.63) is 46.1 Å². The van der Waals surface area contributed by atoms with Crippen molar-refractivity contribution in [2.45, 2.75) is 0 Å². The molecule has 2 rings (SSSR count). The number of hydrogen-bond acceptors (Lipinski definition) is 4. The van der Waals surface area contributed by atoms with Crippen LogP contribution < -0.4 is 10.3 Å². The summed E-state index contributed by atoms with van der Waals surface area (Å²) < 4.78 is 0. The number of nitrogens with zero attached hydrogens (tertiary/aromatic N) is 1. The molecule has 0 spiro atoms. The lowest BCUT2D eigenvalue weighted by Gasteiger charge is -2.16. The minimum absolute atomic E-state index is 0.201. The van der Waals surface area contributed by atoms with Gasteiger partial charge in [0.15, 0.2) is 5.75 Å². The molecule has 1 aliphatic heterocycles. The zero-order chi connectivity index (χ0) is 9.97. The lowest BCUT2D eigenvalue weighted by molar-refractivity contribution is -0.465. The number of hydrogen-bond donors (Lipinski definition) is 1. The molecular formula is C9H8N2O3. The fourth-order valence-electron chi connectivity index (χ4n) is 1.33. The minimum atomic E-state index is -0.365. The van der Waals surface area contributed by atoms with Crippen LogP contribution in [0, 0.1) is 10.1 Å². The summed E-state index contributed by atoms with van der Waals surface area (Å²) in [5.74, 6) is 0.617. The molecule has 5 nitrogen and oxygen atoms in total. The molecule has 0 fully saturated rings. The summed E-state index contributed by atoms with van der Waals surface area (Å²) in [5.41, 5.74) is 3.92. The minimum Gasteiger partial charge on any atom is -0.382 e. The predicted molar refractivity (Wildman–Crippen MR) is 50.0 cm³/mol. The van der Waals surface area contributed by atoms with Crippen molar-refractivity contribution in [2.24, 2.45) is 0 Å². The first-order valence-corrected chi connectivity index (χ1v) is 4.10. The zero-order valence-corrected chi connectivity index (χ0v) is 7.27. The lowest BCUT2D eigenvalue weighted by Crippen LogP contribution is -2.19. The van der Waals surface area contributed by atoms with Crippen LogP contribution in [0.15, 0.2) is 30.5 Å². The van der Waals surface area contributed by atoms with Crippen LogP contribution in [0.2, 0.25) is 0 Å². The van der Waals surface area contributed by atoms with Gasteiger partial charge in [0, 0.05) is 16.7 Å². The van der Waals surface area contributed by atoms with E-state index in [2.05, 4.69) is 5.48 Å². The van der Waals surface area contributed by atoms with Crippen LogP contribution in [0.25, 0.3) is 5.57 Å². The Balaban J connectivity index is 2.35. The van der Waals surface area contributed by atoms with Gasteiger partial charge in [-0.3, -0.25) is 10.1 Å². The number of nitrogens with one attached hydrogen (secondary N) is 1. The molecule has 0 saturated carbocycles. The number of fused-ring (bicyclic) bond motifs is 1. The fraction of sp³-hybridized carbons (Fsp3) is 0.111. The van der Waals surface area contributed by atoms with Gasteiger partial charge in [0.05, 0.1) is 5.57 Å². The second-order valence-corrected chi connectivity index (χ2v) is 2.88. The monoisotopic (exact) mass is 192 g/mol. The van der Waals surface area contributed by atoms with Crippen LogP contribution in [0.5, 0.6) is 5.75 Å². The summed E-state index contributed by atoms with van der Waals surface area (Å²) >= 11 is 0. The number of para-hydroxylation sites is 1. The van der Waals surface area contributed by atoms with Gasteiger partial charge in [-0.25, -0.2) is 5.48 Å². The highest BCUT2D eigenvalue weighted by Gasteiger charge is 2.16. The van der Waals surface area contributed by atoms with Crippen LogP contribution >= 0.6 is 0 Å². The zero-order valence-electron chi connectivity index (χ0n) is 7.27. The van der Waals surface area contributed by atoms with Gasteiger partial charge < -0.3 is 4.84 Å². The van der Waals surface area contributed by atoms with Gasteiger partial charge in [-0.1, -0.05) is 18.2 Å². The van der Waals surface area contributed by atoms with Crippen molar-refractivity contribution in [3.63, 3.8) is 0 Å². The predicted octanol–water partition coefficient (Wildman–Crippen LogP) is 1.20. The molecule has 1 aliphatic rings.